The van der Waals surface area contributed by atoms with Crippen molar-refractivity contribution in [2.45, 2.75) is 12.6 Å². The number of rotatable bonds is 7. The van der Waals surface area contributed by atoms with E-state index in [2.05, 4.69) is 14.2 Å². The fourth-order valence-electron chi connectivity index (χ4n) is 1.41. The van der Waals surface area contributed by atoms with Gasteiger partial charge in [-0.05, 0) is 5.56 Å². The summed E-state index contributed by atoms with van der Waals surface area (Å²) in [4.78, 5) is 23.1. The fraction of sp³-hybridized carbons (Fsp3) is 0.385. The first-order chi connectivity index (χ1) is 10.3. The average molecular weight is 331 g/mol. The maximum absolute atomic E-state index is 11.6. The molecule has 1 amide bonds. The van der Waals surface area contributed by atoms with Gasteiger partial charge in [0.15, 0.2) is 6.04 Å². The van der Waals surface area contributed by atoms with E-state index in [-0.39, 0.29) is 6.61 Å². The third-order valence-corrected chi connectivity index (χ3v) is 3.00. The van der Waals surface area contributed by atoms with E-state index in [1.807, 2.05) is 6.07 Å². The lowest BCUT2D eigenvalue weighted by Gasteiger charge is -2.15. The van der Waals surface area contributed by atoms with Gasteiger partial charge in [0.25, 0.3) is 10.1 Å². The molecule has 1 rings (SSSR count). The van der Waals surface area contributed by atoms with Crippen LogP contribution in [0.3, 0.4) is 0 Å². The fourth-order valence-corrected chi connectivity index (χ4v) is 1.79. The molecule has 0 saturated carbocycles. The van der Waals surface area contributed by atoms with Crippen molar-refractivity contribution >= 4 is 22.2 Å². The Hall–Kier alpha value is -2.13. The quantitative estimate of drug-likeness (QED) is 0.570. The molecule has 122 valence electrons. The molecule has 0 aliphatic rings. The molecule has 0 radical (unpaired) electrons. The summed E-state index contributed by atoms with van der Waals surface area (Å²) < 4.78 is 35.7. The van der Waals surface area contributed by atoms with Gasteiger partial charge in [-0.3, -0.25) is 4.18 Å². The van der Waals surface area contributed by atoms with Crippen molar-refractivity contribution in [3.8, 4) is 0 Å². The van der Waals surface area contributed by atoms with Gasteiger partial charge in [-0.25, -0.2) is 9.59 Å². The van der Waals surface area contributed by atoms with Crippen molar-refractivity contribution in [2.24, 2.45) is 0 Å². The monoisotopic (exact) mass is 331 g/mol. The third-order valence-electron chi connectivity index (χ3n) is 2.44. The standard InChI is InChI=1S/C13H17NO7S/c1-19-12(15)11(9-21-22(2,17)18)14-13(16)20-8-10-6-4-3-5-7-10/h3-7,11H,8-9H2,1-2H3,(H,14,16)/t11-/m1/s1. The van der Waals surface area contributed by atoms with Crippen LogP contribution >= 0.6 is 0 Å². The number of ether oxygens (including phenoxy) is 2. The molecule has 1 N–H and O–H groups in total. The molecule has 0 bridgehead atoms. The molecular weight excluding hydrogens is 314 g/mol. The lowest BCUT2D eigenvalue weighted by Crippen LogP contribution is -2.45. The van der Waals surface area contributed by atoms with Crippen molar-refractivity contribution < 1.29 is 31.7 Å². The Kier molecular flexibility index (Phi) is 6.80. The summed E-state index contributed by atoms with van der Waals surface area (Å²) in [6.45, 7) is -0.570. The van der Waals surface area contributed by atoms with Crippen LogP contribution in [0.25, 0.3) is 0 Å². The molecule has 1 atom stereocenters. The molecule has 0 unspecified atom stereocenters. The Labute approximate surface area is 128 Å². The van der Waals surface area contributed by atoms with Crippen LogP contribution in [-0.2, 0) is 35.2 Å². The van der Waals surface area contributed by atoms with E-state index in [9.17, 15) is 18.0 Å². The number of benzene rings is 1. The van der Waals surface area contributed by atoms with Gasteiger partial charge in [0, 0.05) is 0 Å². The van der Waals surface area contributed by atoms with Crippen LogP contribution in [0.2, 0.25) is 0 Å². The number of amides is 1. The van der Waals surface area contributed by atoms with Crippen LogP contribution in [0, 0.1) is 0 Å². The van der Waals surface area contributed by atoms with Crippen molar-refractivity contribution in [3.63, 3.8) is 0 Å². The van der Waals surface area contributed by atoms with Crippen LogP contribution in [0.5, 0.6) is 0 Å². The number of esters is 1. The van der Waals surface area contributed by atoms with Gasteiger partial charge in [-0.1, -0.05) is 30.3 Å². The van der Waals surface area contributed by atoms with Crippen molar-refractivity contribution in [1.82, 2.24) is 5.32 Å². The van der Waals surface area contributed by atoms with Crippen molar-refractivity contribution in [3.05, 3.63) is 35.9 Å². The van der Waals surface area contributed by atoms with Gasteiger partial charge < -0.3 is 14.8 Å². The van der Waals surface area contributed by atoms with Gasteiger partial charge in [0.1, 0.15) is 6.61 Å². The molecule has 0 aromatic heterocycles. The lowest BCUT2D eigenvalue weighted by molar-refractivity contribution is -0.143. The zero-order valence-electron chi connectivity index (χ0n) is 12.1. The number of nitrogens with one attached hydrogen (secondary N) is 1. The molecular formula is C13H17NO7S. The predicted octanol–water partition coefficient (Wildman–Crippen LogP) is 0.431. The minimum absolute atomic E-state index is 0.00744. The largest absolute Gasteiger partial charge is 0.467 e. The highest BCUT2D eigenvalue weighted by Crippen LogP contribution is 2.01. The van der Waals surface area contributed by atoms with Crippen LogP contribution < -0.4 is 5.32 Å². The normalized spacial score (nSPS) is 12.3. The van der Waals surface area contributed by atoms with Crippen LogP contribution in [0.4, 0.5) is 4.79 Å². The molecule has 0 heterocycles. The Morgan fingerprint density at radius 1 is 1.23 bits per heavy atom. The second-order valence-electron chi connectivity index (χ2n) is 4.27. The second kappa shape index (κ2) is 8.35. The molecule has 0 aliphatic carbocycles. The van der Waals surface area contributed by atoms with Crippen molar-refractivity contribution in [1.29, 1.82) is 0 Å². The number of methoxy groups -OCH3 is 1. The van der Waals surface area contributed by atoms with Crippen LogP contribution in [-0.4, -0.2) is 46.5 Å². The zero-order valence-corrected chi connectivity index (χ0v) is 13.0. The molecule has 22 heavy (non-hydrogen) atoms. The van der Waals surface area contributed by atoms with Gasteiger partial charge in [-0.15, -0.1) is 0 Å². The van der Waals surface area contributed by atoms with E-state index >= 15 is 0 Å². The Morgan fingerprint density at radius 2 is 1.86 bits per heavy atom. The van der Waals surface area contributed by atoms with Crippen LogP contribution in [0.15, 0.2) is 30.3 Å². The number of carbonyl (C=O) groups excluding carboxylic acids is 2. The number of alkyl carbamates (subject to hydrolysis) is 1. The Balaban J connectivity index is 2.53. The Bertz CT molecular complexity index is 600. The summed E-state index contributed by atoms with van der Waals surface area (Å²) in [5.41, 5.74) is 0.764. The smallest absolute Gasteiger partial charge is 0.408 e. The summed E-state index contributed by atoms with van der Waals surface area (Å²) in [6, 6.07) is 7.62. The first kappa shape index (κ1) is 17.9. The van der Waals surface area contributed by atoms with E-state index < -0.39 is 34.8 Å². The van der Waals surface area contributed by atoms with Gasteiger partial charge in [-0.2, -0.15) is 8.42 Å². The van der Waals surface area contributed by atoms with Gasteiger partial charge in [0.05, 0.1) is 20.0 Å². The highest BCUT2D eigenvalue weighted by atomic mass is 32.2. The molecule has 1 aromatic rings. The number of carbonyl (C=O) groups is 2. The van der Waals surface area contributed by atoms with E-state index in [0.29, 0.717) is 0 Å². The van der Waals surface area contributed by atoms with E-state index in [0.717, 1.165) is 18.9 Å². The maximum atomic E-state index is 11.6. The highest BCUT2D eigenvalue weighted by molar-refractivity contribution is 7.85. The van der Waals surface area contributed by atoms with Crippen molar-refractivity contribution in [2.75, 3.05) is 20.0 Å². The topological polar surface area (TPSA) is 108 Å². The second-order valence-corrected chi connectivity index (χ2v) is 5.91. The minimum Gasteiger partial charge on any atom is -0.467 e. The summed E-state index contributed by atoms with van der Waals surface area (Å²) in [5.74, 6) is -0.847. The molecule has 0 saturated heterocycles. The maximum Gasteiger partial charge on any atom is 0.408 e. The molecule has 0 fully saturated rings. The first-order valence-electron chi connectivity index (χ1n) is 6.21. The first-order valence-corrected chi connectivity index (χ1v) is 8.03. The van der Waals surface area contributed by atoms with Crippen LogP contribution in [0.1, 0.15) is 5.56 Å². The molecule has 1 aromatic carbocycles. The molecule has 8 nitrogen and oxygen atoms in total. The third kappa shape index (κ3) is 7.04. The van der Waals surface area contributed by atoms with E-state index in [4.69, 9.17) is 4.74 Å². The summed E-state index contributed by atoms with van der Waals surface area (Å²) in [5, 5.41) is 2.19. The van der Waals surface area contributed by atoms with Gasteiger partial charge in [0.2, 0.25) is 0 Å². The summed E-state index contributed by atoms with van der Waals surface area (Å²) >= 11 is 0. The number of hydrogen-bond donors (Lipinski definition) is 1. The minimum atomic E-state index is -3.75. The summed E-state index contributed by atoms with van der Waals surface area (Å²) in [7, 11) is -2.65. The predicted molar refractivity (Wildman–Crippen MR) is 76.4 cm³/mol. The van der Waals surface area contributed by atoms with E-state index in [1.165, 1.54) is 0 Å². The molecule has 0 aliphatic heterocycles. The highest BCUT2D eigenvalue weighted by Gasteiger charge is 2.24. The summed E-state index contributed by atoms with van der Waals surface area (Å²) in [6.07, 6.45) is -0.0638. The molecule has 9 heteroatoms. The zero-order chi connectivity index (χ0) is 16.6. The lowest BCUT2D eigenvalue weighted by atomic mass is 10.2. The van der Waals surface area contributed by atoms with Gasteiger partial charge >= 0.3 is 12.1 Å². The molecule has 0 spiro atoms. The van der Waals surface area contributed by atoms with E-state index in [1.54, 1.807) is 24.3 Å². The SMILES string of the molecule is COC(=O)[C@@H](COS(C)(=O)=O)NC(=O)OCc1ccccc1. The number of hydrogen-bond acceptors (Lipinski definition) is 7. The average Bonchev–Trinajstić information content (AvgIpc) is 2.48. The Morgan fingerprint density at radius 3 is 2.41 bits per heavy atom.